The fourth-order valence-electron chi connectivity index (χ4n) is 7.87. The van der Waals surface area contributed by atoms with Gasteiger partial charge in [-0.2, -0.15) is 0 Å². The minimum Gasteiger partial charge on any atom is -0.504 e. The Morgan fingerprint density at radius 2 is 1.97 bits per heavy atom. The average molecular weight is 566 g/mol. The predicted octanol–water partition coefficient (Wildman–Crippen LogP) is 4.26. The number of rotatable bonds is 5. The van der Waals surface area contributed by atoms with Crippen LogP contribution in [-0.4, -0.2) is 69.8 Å². The lowest BCUT2D eigenvalue weighted by Crippen LogP contribution is -2.78. The molecule has 2 heterocycles. The topological polar surface area (TPSA) is 73.2 Å². The van der Waals surface area contributed by atoms with E-state index in [1.54, 1.807) is 17.0 Å². The Hall–Kier alpha value is -2.35. The fourth-order valence-corrected chi connectivity index (χ4v) is 8.14. The van der Waals surface area contributed by atoms with Crippen molar-refractivity contribution in [2.75, 3.05) is 20.1 Å². The second kappa shape index (κ2) is 8.32. The number of halogens is 1. The van der Waals surface area contributed by atoms with Crippen molar-refractivity contribution in [2.24, 2.45) is 5.92 Å². The lowest BCUT2D eigenvalue weighted by molar-refractivity contribution is -0.200. The molecule has 0 radical (unpaired) electrons. The van der Waals surface area contributed by atoms with Gasteiger partial charge in [0.15, 0.2) is 11.5 Å². The van der Waals surface area contributed by atoms with E-state index in [1.807, 2.05) is 43.5 Å². The van der Waals surface area contributed by atoms with Crippen LogP contribution in [0.3, 0.4) is 0 Å². The Balaban J connectivity index is 1.24. The predicted molar refractivity (Wildman–Crippen MR) is 145 cm³/mol. The van der Waals surface area contributed by atoms with Gasteiger partial charge in [0, 0.05) is 35.7 Å². The second-order valence-corrected chi connectivity index (χ2v) is 12.6. The van der Waals surface area contributed by atoms with E-state index in [-0.39, 0.29) is 23.7 Å². The number of likely N-dealkylation sites (tertiary alicyclic amines) is 1. The van der Waals surface area contributed by atoms with Crippen LogP contribution in [0.5, 0.6) is 11.5 Å². The van der Waals surface area contributed by atoms with Crippen molar-refractivity contribution in [1.82, 2.24) is 9.80 Å². The van der Waals surface area contributed by atoms with Gasteiger partial charge < -0.3 is 19.8 Å². The molecule has 1 saturated heterocycles. The van der Waals surface area contributed by atoms with Crippen molar-refractivity contribution in [2.45, 2.75) is 67.7 Å². The van der Waals surface area contributed by atoms with Gasteiger partial charge in [-0.1, -0.05) is 34.1 Å². The Morgan fingerprint density at radius 1 is 1.19 bits per heavy atom. The number of ether oxygens (including phenoxy) is 1. The number of hydrogen-bond donors (Lipinski definition) is 2. The van der Waals surface area contributed by atoms with E-state index in [9.17, 15) is 15.0 Å². The Kier molecular flexibility index (Phi) is 5.34. The number of aromatic hydroxyl groups is 1. The summed E-state index contributed by atoms with van der Waals surface area (Å²) in [5.41, 5.74) is 1.57. The van der Waals surface area contributed by atoms with Crippen LogP contribution in [0.15, 0.2) is 46.9 Å². The Bertz CT molecular complexity index is 1290. The van der Waals surface area contributed by atoms with E-state index in [4.69, 9.17) is 4.74 Å². The summed E-state index contributed by atoms with van der Waals surface area (Å²) in [7, 11) is 1.84. The van der Waals surface area contributed by atoms with Gasteiger partial charge in [0.05, 0.1) is 17.1 Å². The Morgan fingerprint density at radius 3 is 2.73 bits per heavy atom. The molecule has 194 valence electrons. The molecule has 7 heteroatoms. The van der Waals surface area contributed by atoms with Crippen molar-refractivity contribution in [3.8, 4) is 11.5 Å². The smallest absolute Gasteiger partial charge is 0.246 e. The molecule has 37 heavy (non-hydrogen) atoms. The highest BCUT2D eigenvalue weighted by Crippen LogP contribution is 2.66. The number of carbonyl (C=O) groups is 1. The highest BCUT2D eigenvalue weighted by molar-refractivity contribution is 9.10. The molecule has 0 aromatic heterocycles. The second-order valence-electron chi connectivity index (χ2n) is 11.7. The summed E-state index contributed by atoms with van der Waals surface area (Å²) in [4.78, 5) is 17.7. The lowest BCUT2D eigenvalue weighted by Gasteiger charge is -2.64. The quantitative estimate of drug-likeness (QED) is 0.531. The van der Waals surface area contributed by atoms with Gasteiger partial charge in [0.1, 0.15) is 6.10 Å². The van der Waals surface area contributed by atoms with E-state index >= 15 is 0 Å². The van der Waals surface area contributed by atoms with Crippen LogP contribution in [0.4, 0.5) is 0 Å². The molecule has 6 nitrogen and oxygen atoms in total. The van der Waals surface area contributed by atoms with Gasteiger partial charge in [-0.05, 0) is 86.4 Å². The lowest BCUT2D eigenvalue weighted by atomic mass is 9.48. The summed E-state index contributed by atoms with van der Waals surface area (Å²) >= 11 is 3.45. The first-order chi connectivity index (χ1) is 17.8. The SMILES string of the molecule is CN(C(=O)C=Cc1ccc(Br)cc1)[C@@H]1CC[C@@]2(O)[C@H]3Cc4ccc(O)c5c4[C@@]2(CCN3CC2CC2)[C@H]1O5. The molecular weight excluding hydrogens is 532 g/mol. The largest absolute Gasteiger partial charge is 0.504 e. The molecule has 5 atom stereocenters. The molecule has 1 amide bonds. The van der Waals surface area contributed by atoms with Gasteiger partial charge in [0.25, 0.3) is 0 Å². The molecule has 2 aromatic carbocycles. The summed E-state index contributed by atoms with van der Waals surface area (Å²) in [5, 5.41) is 23.4. The first-order valence-electron chi connectivity index (χ1n) is 13.5. The molecule has 2 N–H and O–H groups in total. The van der Waals surface area contributed by atoms with Crippen molar-refractivity contribution >= 4 is 27.9 Å². The molecule has 7 rings (SSSR count). The van der Waals surface area contributed by atoms with Gasteiger partial charge in [-0.25, -0.2) is 0 Å². The highest BCUT2D eigenvalue weighted by Gasteiger charge is 2.73. The van der Waals surface area contributed by atoms with Crippen LogP contribution < -0.4 is 4.74 Å². The van der Waals surface area contributed by atoms with Crippen LogP contribution in [-0.2, 0) is 16.6 Å². The molecule has 0 unspecified atom stereocenters. The minimum atomic E-state index is -0.940. The number of hydrogen-bond acceptors (Lipinski definition) is 5. The third kappa shape index (κ3) is 3.39. The number of likely N-dealkylation sites (N-methyl/N-ethyl adjacent to an activating group) is 1. The number of amides is 1. The van der Waals surface area contributed by atoms with Gasteiger partial charge in [-0.15, -0.1) is 0 Å². The van der Waals surface area contributed by atoms with Gasteiger partial charge in [0.2, 0.25) is 5.91 Å². The molecule has 3 fully saturated rings. The highest BCUT2D eigenvalue weighted by atomic mass is 79.9. The maximum atomic E-state index is 13.4. The Labute approximate surface area is 226 Å². The number of aliphatic hydroxyl groups is 1. The maximum absolute atomic E-state index is 13.4. The summed E-state index contributed by atoms with van der Waals surface area (Å²) in [6, 6.07) is 11.4. The third-order valence-electron chi connectivity index (χ3n) is 9.86. The molecule has 2 aliphatic heterocycles. The molecule has 2 aromatic rings. The zero-order valence-electron chi connectivity index (χ0n) is 21.1. The van der Waals surface area contributed by atoms with Gasteiger partial charge >= 0.3 is 0 Å². The standard InChI is InChI=1S/C30H33BrN2O4/c1-32(25(35)11-6-18-4-8-21(31)9-5-18)22-12-13-30(36)24-16-20-7-10-23(34)27-26(20)29(30,28(22)37-27)14-15-33(24)17-19-2-3-19/h4-11,19,22,24,28,34,36H,2-3,12-17H2,1H3/t22-,24-,28+,29+,30-/m1/s1. The third-order valence-corrected chi connectivity index (χ3v) is 10.4. The van der Waals surface area contributed by atoms with Gasteiger partial charge in [-0.3, -0.25) is 9.69 Å². The molecule has 1 spiro atoms. The van der Waals surface area contributed by atoms with Crippen LogP contribution >= 0.6 is 15.9 Å². The van der Waals surface area contributed by atoms with E-state index < -0.39 is 17.1 Å². The van der Waals surface area contributed by atoms with E-state index in [0.29, 0.717) is 18.6 Å². The summed E-state index contributed by atoms with van der Waals surface area (Å²) in [6.45, 7) is 1.96. The summed E-state index contributed by atoms with van der Waals surface area (Å²) in [5.74, 6) is 1.32. The fraction of sp³-hybridized carbons (Fsp3) is 0.500. The van der Waals surface area contributed by atoms with Crippen LogP contribution in [0.25, 0.3) is 6.08 Å². The first kappa shape index (κ1) is 23.7. The molecule has 2 saturated carbocycles. The van der Waals surface area contributed by atoms with Crippen LogP contribution in [0, 0.1) is 5.92 Å². The molecule has 5 aliphatic rings. The average Bonchev–Trinajstić information content (AvgIpc) is 3.63. The van der Waals surface area contributed by atoms with Crippen molar-refractivity contribution < 1.29 is 19.7 Å². The maximum Gasteiger partial charge on any atom is 0.246 e. The van der Waals surface area contributed by atoms with Crippen molar-refractivity contribution in [3.63, 3.8) is 0 Å². The molecular formula is C30H33BrN2O4. The molecule has 3 aliphatic carbocycles. The van der Waals surface area contributed by atoms with E-state index in [0.717, 1.165) is 47.4 Å². The van der Waals surface area contributed by atoms with E-state index in [1.165, 1.54) is 18.4 Å². The number of carbonyl (C=O) groups excluding carboxylic acids is 1. The zero-order chi connectivity index (χ0) is 25.5. The zero-order valence-corrected chi connectivity index (χ0v) is 22.7. The number of phenols is 1. The normalized spacial score (nSPS) is 33.8. The van der Waals surface area contributed by atoms with E-state index in [2.05, 4.69) is 20.8 Å². The van der Waals surface area contributed by atoms with Crippen LogP contribution in [0.1, 0.15) is 48.8 Å². The molecule has 2 bridgehead atoms. The number of benzene rings is 2. The number of nitrogens with zero attached hydrogens (tertiary/aromatic N) is 2. The number of phenolic OH excluding ortho intramolecular Hbond substituents is 1. The number of piperidine rings is 1. The first-order valence-corrected chi connectivity index (χ1v) is 14.3. The van der Waals surface area contributed by atoms with Crippen LogP contribution in [0.2, 0.25) is 0 Å². The summed E-state index contributed by atoms with van der Waals surface area (Å²) in [6.07, 6.45) is 8.47. The van der Waals surface area contributed by atoms with Crippen molar-refractivity contribution in [1.29, 1.82) is 0 Å². The van der Waals surface area contributed by atoms with Crippen molar-refractivity contribution in [3.05, 3.63) is 63.6 Å². The monoisotopic (exact) mass is 564 g/mol. The minimum absolute atomic E-state index is 0.0372. The summed E-state index contributed by atoms with van der Waals surface area (Å²) < 4.78 is 7.61.